The highest BCUT2D eigenvalue weighted by Gasteiger charge is 2.12. The van der Waals surface area contributed by atoms with Gasteiger partial charge < -0.3 is 14.8 Å². The highest BCUT2D eigenvalue weighted by molar-refractivity contribution is 6.30. The van der Waals surface area contributed by atoms with E-state index in [2.05, 4.69) is 12.2 Å². The third-order valence-corrected chi connectivity index (χ3v) is 2.65. The fraction of sp³-hybridized carbons (Fsp3) is 0.538. The normalized spacial score (nSPS) is 10.4. The maximum absolute atomic E-state index is 6.03. The molecular formula is C13H20ClNO2. The first-order valence-corrected chi connectivity index (χ1v) is 6.24. The molecular weight excluding hydrogens is 238 g/mol. The predicted octanol–water partition coefficient (Wildman–Crippen LogP) is 3.25. The molecule has 0 atom stereocenters. The summed E-state index contributed by atoms with van der Waals surface area (Å²) in [4.78, 5) is 0. The summed E-state index contributed by atoms with van der Waals surface area (Å²) in [5, 5.41) is 3.76. The summed E-state index contributed by atoms with van der Waals surface area (Å²) in [6.45, 7) is 3.54. The van der Waals surface area contributed by atoms with Gasteiger partial charge in [0.2, 0.25) is 0 Å². The number of benzene rings is 1. The number of hydrogen-bond donors (Lipinski definition) is 1. The van der Waals surface area contributed by atoms with E-state index in [4.69, 9.17) is 21.1 Å². The molecule has 1 aromatic rings. The van der Waals surface area contributed by atoms with Crippen molar-refractivity contribution in [3.63, 3.8) is 0 Å². The number of halogens is 1. The van der Waals surface area contributed by atoms with Crippen LogP contribution in [0.5, 0.6) is 11.5 Å². The van der Waals surface area contributed by atoms with Gasteiger partial charge in [0.25, 0.3) is 0 Å². The average molecular weight is 258 g/mol. The molecule has 0 amide bonds. The van der Waals surface area contributed by atoms with E-state index in [-0.39, 0.29) is 0 Å². The lowest BCUT2D eigenvalue weighted by atomic mass is 10.2. The Hall–Kier alpha value is -0.930. The highest BCUT2D eigenvalue weighted by atomic mass is 35.5. The van der Waals surface area contributed by atoms with Gasteiger partial charge in [-0.2, -0.15) is 0 Å². The Bertz CT molecular complexity index is 356. The molecule has 0 spiro atoms. The van der Waals surface area contributed by atoms with Gasteiger partial charge in [0.1, 0.15) is 0 Å². The van der Waals surface area contributed by atoms with E-state index in [9.17, 15) is 0 Å². The van der Waals surface area contributed by atoms with Gasteiger partial charge in [-0.3, -0.25) is 0 Å². The molecule has 1 rings (SSSR count). The molecule has 4 heteroatoms. The molecule has 0 saturated heterocycles. The van der Waals surface area contributed by atoms with Crippen molar-refractivity contribution in [1.29, 1.82) is 0 Å². The van der Waals surface area contributed by atoms with Crippen LogP contribution in [0, 0.1) is 0 Å². The van der Waals surface area contributed by atoms with Crippen LogP contribution >= 0.6 is 11.6 Å². The molecule has 0 saturated carbocycles. The lowest BCUT2D eigenvalue weighted by Crippen LogP contribution is -2.09. The van der Waals surface area contributed by atoms with Gasteiger partial charge in [-0.15, -0.1) is 0 Å². The average Bonchev–Trinajstić information content (AvgIpc) is 2.31. The van der Waals surface area contributed by atoms with Crippen LogP contribution in [0.25, 0.3) is 0 Å². The molecule has 0 radical (unpaired) electrons. The van der Waals surface area contributed by atoms with Crippen LogP contribution in [0.3, 0.4) is 0 Å². The standard InChI is InChI=1S/C13H20ClNO2/c1-4-5-6-17-13-10(9-15-2)7-11(14)8-12(13)16-3/h7-8,15H,4-6,9H2,1-3H3. The summed E-state index contributed by atoms with van der Waals surface area (Å²) >= 11 is 6.03. The molecule has 0 aromatic heterocycles. The van der Waals surface area contributed by atoms with Crippen molar-refractivity contribution in [3.05, 3.63) is 22.7 Å². The molecule has 1 aromatic carbocycles. The van der Waals surface area contributed by atoms with Crippen molar-refractivity contribution >= 4 is 11.6 Å². The van der Waals surface area contributed by atoms with Gasteiger partial charge in [0, 0.05) is 23.2 Å². The Morgan fingerprint density at radius 3 is 2.71 bits per heavy atom. The Morgan fingerprint density at radius 2 is 2.12 bits per heavy atom. The monoisotopic (exact) mass is 257 g/mol. The first-order chi connectivity index (χ1) is 8.22. The fourth-order valence-corrected chi connectivity index (χ4v) is 1.81. The van der Waals surface area contributed by atoms with E-state index in [1.54, 1.807) is 13.2 Å². The summed E-state index contributed by atoms with van der Waals surface area (Å²) in [5.41, 5.74) is 1.02. The van der Waals surface area contributed by atoms with Crippen LogP contribution in [0.2, 0.25) is 5.02 Å². The minimum atomic E-state index is 0.662. The third kappa shape index (κ3) is 4.10. The van der Waals surface area contributed by atoms with E-state index in [0.29, 0.717) is 23.9 Å². The molecule has 0 bridgehead atoms. The van der Waals surface area contributed by atoms with E-state index in [0.717, 1.165) is 24.2 Å². The van der Waals surface area contributed by atoms with Gasteiger partial charge in [-0.1, -0.05) is 24.9 Å². The number of ether oxygens (including phenoxy) is 2. The van der Waals surface area contributed by atoms with Crippen LogP contribution < -0.4 is 14.8 Å². The second kappa shape index (κ2) is 7.41. The summed E-state index contributed by atoms with van der Waals surface area (Å²) in [5.74, 6) is 1.48. The Morgan fingerprint density at radius 1 is 1.35 bits per heavy atom. The summed E-state index contributed by atoms with van der Waals surface area (Å²) in [6, 6.07) is 3.68. The summed E-state index contributed by atoms with van der Waals surface area (Å²) in [7, 11) is 3.52. The van der Waals surface area contributed by atoms with Crippen molar-refractivity contribution < 1.29 is 9.47 Å². The van der Waals surface area contributed by atoms with Gasteiger partial charge in [0.15, 0.2) is 11.5 Å². The fourth-order valence-electron chi connectivity index (χ4n) is 1.58. The zero-order chi connectivity index (χ0) is 12.7. The van der Waals surface area contributed by atoms with Crippen molar-refractivity contribution in [3.8, 4) is 11.5 Å². The largest absolute Gasteiger partial charge is 0.493 e. The zero-order valence-electron chi connectivity index (χ0n) is 10.7. The third-order valence-electron chi connectivity index (χ3n) is 2.43. The molecule has 0 aliphatic heterocycles. The second-order valence-corrected chi connectivity index (χ2v) is 4.27. The van der Waals surface area contributed by atoms with E-state index in [1.165, 1.54) is 0 Å². The van der Waals surface area contributed by atoms with E-state index in [1.807, 2.05) is 13.1 Å². The maximum Gasteiger partial charge on any atom is 0.165 e. The number of hydrogen-bond acceptors (Lipinski definition) is 3. The molecule has 0 aliphatic rings. The molecule has 0 unspecified atom stereocenters. The predicted molar refractivity (Wildman–Crippen MR) is 71.2 cm³/mol. The van der Waals surface area contributed by atoms with Crippen LogP contribution in [0.15, 0.2) is 12.1 Å². The van der Waals surface area contributed by atoms with Crippen LogP contribution in [0.4, 0.5) is 0 Å². The van der Waals surface area contributed by atoms with Crippen molar-refractivity contribution in [1.82, 2.24) is 5.32 Å². The van der Waals surface area contributed by atoms with Crippen molar-refractivity contribution in [2.75, 3.05) is 20.8 Å². The molecule has 96 valence electrons. The highest BCUT2D eigenvalue weighted by Crippen LogP contribution is 2.34. The molecule has 3 nitrogen and oxygen atoms in total. The van der Waals surface area contributed by atoms with Crippen LogP contribution in [-0.4, -0.2) is 20.8 Å². The summed E-state index contributed by atoms with van der Waals surface area (Å²) in [6.07, 6.45) is 2.14. The molecule has 0 aliphatic carbocycles. The molecule has 0 heterocycles. The SMILES string of the molecule is CCCCOc1c(CNC)cc(Cl)cc1OC. The van der Waals surface area contributed by atoms with E-state index < -0.39 is 0 Å². The smallest absolute Gasteiger partial charge is 0.165 e. The lowest BCUT2D eigenvalue weighted by Gasteiger charge is -2.15. The minimum absolute atomic E-state index is 0.662. The summed E-state index contributed by atoms with van der Waals surface area (Å²) < 4.78 is 11.1. The van der Waals surface area contributed by atoms with Crippen LogP contribution in [0.1, 0.15) is 25.3 Å². The van der Waals surface area contributed by atoms with Gasteiger partial charge in [-0.25, -0.2) is 0 Å². The van der Waals surface area contributed by atoms with Crippen LogP contribution in [-0.2, 0) is 6.54 Å². The van der Waals surface area contributed by atoms with Gasteiger partial charge in [-0.05, 0) is 19.5 Å². The van der Waals surface area contributed by atoms with Crippen molar-refractivity contribution in [2.45, 2.75) is 26.3 Å². The Labute approximate surface area is 108 Å². The number of rotatable bonds is 7. The first kappa shape index (κ1) is 14.1. The lowest BCUT2D eigenvalue weighted by molar-refractivity contribution is 0.285. The van der Waals surface area contributed by atoms with Gasteiger partial charge in [0.05, 0.1) is 13.7 Å². The zero-order valence-corrected chi connectivity index (χ0v) is 11.4. The first-order valence-electron chi connectivity index (χ1n) is 5.86. The minimum Gasteiger partial charge on any atom is -0.493 e. The van der Waals surface area contributed by atoms with Gasteiger partial charge >= 0.3 is 0 Å². The number of unbranched alkanes of at least 4 members (excludes halogenated alkanes) is 1. The number of methoxy groups -OCH3 is 1. The molecule has 1 N–H and O–H groups in total. The quantitative estimate of drug-likeness (QED) is 0.761. The topological polar surface area (TPSA) is 30.5 Å². The maximum atomic E-state index is 6.03. The Kier molecular flexibility index (Phi) is 6.16. The second-order valence-electron chi connectivity index (χ2n) is 3.83. The Balaban J connectivity index is 2.94. The van der Waals surface area contributed by atoms with E-state index >= 15 is 0 Å². The number of nitrogens with one attached hydrogen (secondary N) is 1. The molecule has 17 heavy (non-hydrogen) atoms. The van der Waals surface area contributed by atoms with Crippen molar-refractivity contribution in [2.24, 2.45) is 0 Å². The molecule has 0 fully saturated rings.